The zero-order chi connectivity index (χ0) is 9.42. The zero-order valence-electron chi connectivity index (χ0n) is 7.50. The maximum atomic E-state index is 11.5. The van der Waals surface area contributed by atoms with Crippen LogP contribution in [0.25, 0.3) is 0 Å². The number of anilines is 1. The lowest BCUT2D eigenvalue weighted by Gasteiger charge is -2.22. The first-order chi connectivity index (χ1) is 6.16. The van der Waals surface area contributed by atoms with Crippen molar-refractivity contribution in [2.75, 3.05) is 5.73 Å². The van der Waals surface area contributed by atoms with E-state index in [2.05, 4.69) is 5.32 Å². The van der Waals surface area contributed by atoms with Gasteiger partial charge in [-0.05, 0) is 31.0 Å². The van der Waals surface area contributed by atoms with E-state index < -0.39 is 0 Å². The lowest BCUT2D eigenvalue weighted by molar-refractivity contribution is 0.0929. The SMILES string of the molecule is CC1Cc2ccc(N)cc2C(=O)N1. The van der Waals surface area contributed by atoms with Gasteiger partial charge < -0.3 is 11.1 Å². The molecular weight excluding hydrogens is 164 g/mol. The second kappa shape index (κ2) is 2.76. The number of hydrogen-bond donors (Lipinski definition) is 2. The van der Waals surface area contributed by atoms with Crippen molar-refractivity contribution in [2.45, 2.75) is 19.4 Å². The van der Waals surface area contributed by atoms with Gasteiger partial charge in [0, 0.05) is 17.3 Å². The fraction of sp³-hybridized carbons (Fsp3) is 0.300. The van der Waals surface area contributed by atoms with Gasteiger partial charge in [0.2, 0.25) is 0 Å². The van der Waals surface area contributed by atoms with Gasteiger partial charge in [-0.15, -0.1) is 0 Å². The fourth-order valence-corrected chi connectivity index (χ4v) is 1.67. The highest BCUT2D eigenvalue weighted by molar-refractivity contribution is 5.97. The first kappa shape index (κ1) is 8.10. The van der Waals surface area contributed by atoms with Crippen molar-refractivity contribution in [3.63, 3.8) is 0 Å². The number of fused-ring (bicyclic) bond motifs is 1. The summed E-state index contributed by atoms with van der Waals surface area (Å²) < 4.78 is 0. The van der Waals surface area contributed by atoms with Crippen LogP contribution >= 0.6 is 0 Å². The van der Waals surface area contributed by atoms with E-state index >= 15 is 0 Å². The van der Waals surface area contributed by atoms with Crippen molar-refractivity contribution < 1.29 is 4.79 Å². The molecule has 3 nitrogen and oxygen atoms in total. The number of amides is 1. The average Bonchev–Trinajstić information content (AvgIpc) is 2.06. The summed E-state index contributed by atoms with van der Waals surface area (Å²) >= 11 is 0. The Balaban J connectivity index is 2.49. The number of carbonyl (C=O) groups is 1. The molecule has 1 aliphatic rings. The average molecular weight is 176 g/mol. The first-order valence-corrected chi connectivity index (χ1v) is 4.36. The molecule has 0 spiro atoms. The Morgan fingerprint density at radius 1 is 1.54 bits per heavy atom. The van der Waals surface area contributed by atoms with Gasteiger partial charge in [-0.25, -0.2) is 0 Å². The Hall–Kier alpha value is -1.51. The second-order valence-electron chi connectivity index (χ2n) is 3.50. The van der Waals surface area contributed by atoms with Gasteiger partial charge in [0.1, 0.15) is 0 Å². The monoisotopic (exact) mass is 176 g/mol. The number of rotatable bonds is 0. The third kappa shape index (κ3) is 1.37. The molecule has 0 fully saturated rings. The van der Waals surface area contributed by atoms with Crippen molar-refractivity contribution in [1.29, 1.82) is 0 Å². The molecule has 2 rings (SSSR count). The summed E-state index contributed by atoms with van der Waals surface area (Å²) in [4.78, 5) is 11.5. The Kier molecular flexibility index (Phi) is 1.72. The maximum Gasteiger partial charge on any atom is 0.251 e. The molecule has 1 atom stereocenters. The molecule has 0 radical (unpaired) electrons. The lowest BCUT2D eigenvalue weighted by atomic mass is 9.96. The molecule has 0 saturated carbocycles. The predicted octanol–water partition coefficient (Wildman–Crippen LogP) is 0.943. The zero-order valence-corrected chi connectivity index (χ0v) is 7.50. The van der Waals surface area contributed by atoms with E-state index in [0.29, 0.717) is 5.69 Å². The van der Waals surface area contributed by atoms with E-state index in [1.54, 1.807) is 6.07 Å². The van der Waals surface area contributed by atoms with Crippen LogP contribution in [0.3, 0.4) is 0 Å². The first-order valence-electron chi connectivity index (χ1n) is 4.36. The highest BCUT2D eigenvalue weighted by Crippen LogP contribution is 2.19. The third-order valence-corrected chi connectivity index (χ3v) is 2.28. The summed E-state index contributed by atoms with van der Waals surface area (Å²) in [5.74, 6) is -0.0129. The molecule has 1 aliphatic heterocycles. The summed E-state index contributed by atoms with van der Waals surface area (Å²) in [7, 11) is 0. The highest BCUT2D eigenvalue weighted by atomic mass is 16.1. The summed E-state index contributed by atoms with van der Waals surface area (Å²) in [6.45, 7) is 2.00. The van der Waals surface area contributed by atoms with Crippen LogP contribution in [-0.2, 0) is 6.42 Å². The van der Waals surface area contributed by atoms with Gasteiger partial charge in [0.25, 0.3) is 5.91 Å². The van der Waals surface area contributed by atoms with Crippen LogP contribution in [0, 0.1) is 0 Å². The standard InChI is InChI=1S/C10H12N2O/c1-6-4-7-2-3-8(11)5-9(7)10(13)12-6/h2-3,5-6H,4,11H2,1H3,(H,12,13). The van der Waals surface area contributed by atoms with Gasteiger partial charge in [-0.2, -0.15) is 0 Å². The summed E-state index contributed by atoms with van der Waals surface area (Å²) in [6, 6.07) is 5.73. The summed E-state index contributed by atoms with van der Waals surface area (Å²) in [5, 5.41) is 2.87. The van der Waals surface area contributed by atoms with E-state index in [0.717, 1.165) is 17.5 Å². The minimum Gasteiger partial charge on any atom is -0.399 e. The van der Waals surface area contributed by atoms with Gasteiger partial charge in [-0.1, -0.05) is 6.07 Å². The van der Waals surface area contributed by atoms with E-state index in [1.807, 2.05) is 19.1 Å². The van der Waals surface area contributed by atoms with Crippen LogP contribution in [0.15, 0.2) is 18.2 Å². The smallest absolute Gasteiger partial charge is 0.251 e. The van der Waals surface area contributed by atoms with Crippen molar-refractivity contribution >= 4 is 11.6 Å². The number of nitrogen functional groups attached to an aromatic ring is 1. The van der Waals surface area contributed by atoms with Crippen LogP contribution < -0.4 is 11.1 Å². The van der Waals surface area contributed by atoms with Crippen molar-refractivity contribution in [2.24, 2.45) is 0 Å². The molecular formula is C10H12N2O. The van der Waals surface area contributed by atoms with Crippen LogP contribution in [0.1, 0.15) is 22.8 Å². The van der Waals surface area contributed by atoms with E-state index in [9.17, 15) is 4.79 Å². The van der Waals surface area contributed by atoms with Crippen LogP contribution in [0.5, 0.6) is 0 Å². The largest absolute Gasteiger partial charge is 0.399 e. The summed E-state index contributed by atoms with van der Waals surface area (Å²) in [6.07, 6.45) is 0.890. The molecule has 1 heterocycles. The normalized spacial score (nSPS) is 20.7. The molecule has 0 saturated heterocycles. The van der Waals surface area contributed by atoms with Crippen LogP contribution in [0.2, 0.25) is 0 Å². The maximum absolute atomic E-state index is 11.5. The second-order valence-corrected chi connectivity index (χ2v) is 3.50. The molecule has 0 bridgehead atoms. The molecule has 0 aromatic heterocycles. The van der Waals surface area contributed by atoms with Gasteiger partial charge in [-0.3, -0.25) is 4.79 Å². The van der Waals surface area contributed by atoms with Crippen LogP contribution in [-0.4, -0.2) is 11.9 Å². The van der Waals surface area contributed by atoms with Crippen molar-refractivity contribution in [3.05, 3.63) is 29.3 Å². The van der Waals surface area contributed by atoms with Gasteiger partial charge in [0.15, 0.2) is 0 Å². The minimum atomic E-state index is -0.0129. The van der Waals surface area contributed by atoms with Gasteiger partial charge in [0.05, 0.1) is 0 Å². The van der Waals surface area contributed by atoms with E-state index in [1.165, 1.54) is 0 Å². The Bertz CT molecular complexity index is 360. The van der Waals surface area contributed by atoms with Crippen molar-refractivity contribution in [1.82, 2.24) is 5.32 Å². The quantitative estimate of drug-likeness (QED) is 0.578. The molecule has 1 unspecified atom stereocenters. The molecule has 13 heavy (non-hydrogen) atoms. The lowest BCUT2D eigenvalue weighted by Crippen LogP contribution is -2.39. The van der Waals surface area contributed by atoms with Crippen LogP contribution in [0.4, 0.5) is 5.69 Å². The van der Waals surface area contributed by atoms with Gasteiger partial charge >= 0.3 is 0 Å². The Morgan fingerprint density at radius 3 is 3.08 bits per heavy atom. The number of benzene rings is 1. The topological polar surface area (TPSA) is 55.1 Å². The van der Waals surface area contributed by atoms with Crippen molar-refractivity contribution in [3.8, 4) is 0 Å². The molecule has 1 aromatic rings. The molecule has 1 aromatic carbocycles. The number of hydrogen-bond acceptors (Lipinski definition) is 2. The van der Waals surface area contributed by atoms with E-state index in [-0.39, 0.29) is 11.9 Å². The van der Waals surface area contributed by atoms with E-state index in [4.69, 9.17) is 5.73 Å². The molecule has 68 valence electrons. The fourth-order valence-electron chi connectivity index (χ4n) is 1.67. The number of nitrogens with one attached hydrogen (secondary N) is 1. The molecule has 3 heteroatoms. The third-order valence-electron chi connectivity index (χ3n) is 2.28. The molecule has 1 amide bonds. The minimum absolute atomic E-state index is 0.0129. The molecule has 0 aliphatic carbocycles. The summed E-state index contributed by atoms with van der Waals surface area (Å²) in [5.41, 5.74) is 8.05. The number of nitrogens with two attached hydrogens (primary N) is 1. The Morgan fingerprint density at radius 2 is 2.31 bits per heavy atom. The Labute approximate surface area is 76.9 Å². The molecule has 3 N–H and O–H groups in total. The number of carbonyl (C=O) groups excluding carboxylic acids is 1. The predicted molar refractivity (Wildman–Crippen MR) is 51.5 cm³/mol. The highest BCUT2D eigenvalue weighted by Gasteiger charge is 2.20.